The Bertz CT molecular complexity index is 313. The molecule has 1 atom stereocenters. The van der Waals surface area contributed by atoms with Crippen LogP contribution in [0.3, 0.4) is 0 Å². The normalized spacial score (nSPS) is 12.6. The monoisotopic (exact) mass is 269 g/mol. The van der Waals surface area contributed by atoms with Crippen LogP contribution in [0.4, 0.5) is 4.39 Å². The van der Waals surface area contributed by atoms with Crippen LogP contribution in [-0.2, 0) is 6.42 Å². The van der Waals surface area contributed by atoms with Gasteiger partial charge >= 0.3 is 0 Å². The summed E-state index contributed by atoms with van der Waals surface area (Å²) >= 11 is 2.00. The minimum Gasteiger partial charge on any atom is -0.313 e. The summed E-state index contributed by atoms with van der Waals surface area (Å²) in [6.07, 6.45) is 3.36. The van der Waals surface area contributed by atoms with E-state index in [1.807, 2.05) is 23.9 Å². The van der Waals surface area contributed by atoms with Crippen molar-refractivity contribution in [2.75, 3.05) is 18.1 Å². The topological polar surface area (TPSA) is 12.0 Å². The standard InChI is InChI=1S/C15H24FNS/c1-3-9-17-15(12-18-10-4-2)11-13-5-7-14(16)8-6-13/h5-8,15,17H,3-4,9-12H2,1-2H3. The van der Waals surface area contributed by atoms with Crippen LogP contribution in [-0.4, -0.2) is 24.1 Å². The first-order valence-electron chi connectivity index (χ1n) is 6.81. The lowest BCUT2D eigenvalue weighted by atomic mass is 10.1. The van der Waals surface area contributed by atoms with Crippen molar-refractivity contribution in [1.29, 1.82) is 0 Å². The number of thioether (sulfide) groups is 1. The molecule has 0 saturated heterocycles. The fraction of sp³-hybridized carbons (Fsp3) is 0.600. The predicted octanol–water partition coefficient (Wildman–Crippen LogP) is 3.88. The molecule has 0 aliphatic rings. The second-order valence-electron chi connectivity index (χ2n) is 4.56. The Morgan fingerprint density at radius 1 is 1.17 bits per heavy atom. The van der Waals surface area contributed by atoms with Crippen molar-refractivity contribution in [2.24, 2.45) is 0 Å². The Morgan fingerprint density at radius 3 is 2.50 bits per heavy atom. The average Bonchev–Trinajstić information content (AvgIpc) is 2.38. The number of benzene rings is 1. The third kappa shape index (κ3) is 6.41. The van der Waals surface area contributed by atoms with Gasteiger partial charge in [-0.05, 0) is 49.3 Å². The molecule has 1 unspecified atom stereocenters. The van der Waals surface area contributed by atoms with E-state index in [4.69, 9.17) is 0 Å². The van der Waals surface area contributed by atoms with E-state index in [-0.39, 0.29) is 5.82 Å². The van der Waals surface area contributed by atoms with Gasteiger partial charge in [0, 0.05) is 11.8 Å². The third-order valence-electron chi connectivity index (χ3n) is 2.75. The molecule has 0 saturated carbocycles. The number of hydrogen-bond donors (Lipinski definition) is 1. The minimum atomic E-state index is -0.155. The van der Waals surface area contributed by atoms with Gasteiger partial charge in [0.15, 0.2) is 0 Å². The summed E-state index contributed by atoms with van der Waals surface area (Å²) in [5.74, 6) is 2.19. The molecule has 0 heterocycles. The quantitative estimate of drug-likeness (QED) is 0.683. The first-order chi connectivity index (χ1) is 8.76. The van der Waals surface area contributed by atoms with E-state index in [0.717, 1.165) is 25.1 Å². The second kappa shape index (κ2) is 9.40. The Morgan fingerprint density at radius 2 is 1.89 bits per heavy atom. The zero-order chi connectivity index (χ0) is 13.2. The zero-order valence-corrected chi connectivity index (χ0v) is 12.2. The highest BCUT2D eigenvalue weighted by molar-refractivity contribution is 7.99. The van der Waals surface area contributed by atoms with Gasteiger partial charge in [0.05, 0.1) is 0 Å². The number of rotatable bonds is 9. The lowest BCUT2D eigenvalue weighted by Crippen LogP contribution is -2.34. The van der Waals surface area contributed by atoms with Crippen LogP contribution in [0.25, 0.3) is 0 Å². The predicted molar refractivity (Wildman–Crippen MR) is 79.8 cm³/mol. The van der Waals surface area contributed by atoms with Gasteiger partial charge in [0.2, 0.25) is 0 Å². The Labute approximate surface area is 115 Å². The lowest BCUT2D eigenvalue weighted by Gasteiger charge is -2.18. The van der Waals surface area contributed by atoms with Crippen LogP contribution < -0.4 is 5.32 Å². The van der Waals surface area contributed by atoms with E-state index in [1.165, 1.54) is 17.7 Å². The van der Waals surface area contributed by atoms with Gasteiger partial charge in [-0.25, -0.2) is 4.39 Å². The van der Waals surface area contributed by atoms with E-state index in [2.05, 4.69) is 19.2 Å². The summed E-state index contributed by atoms with van der Waals surface area (Å²) in [7, 11) is 0. The van der Waals surface area contributed by atoms with E-state index < -0.39 is 0 Å². The highest BCUT2D eigenvalue weighted by Gasteiger charge is 2.08. The molecular formula is C15H24FNS. The molecule has 0 aliphatic carbocycles. The largest absolute Gasteiger partial charge is 0.313 e. The van der Waals surface area contributed by atoms with Crippen LogP contribution in [0.2, 0.25) is 0 Å². The van der Waals surface area contributed by atoms with Crippen molar-refractivity contribution in [3.63, 3.8) is 0 Å². The van der Waals surface area contributed by atoms with Crippen LogP contribution >= 0.6 is 11.8 Å². The third-order valence-corrected chi connectivity index (χ3v) is 4.08. The molecule has 1 nitrogen and oxygen atoms in total. The van der Waals surface area contributed by atoms with Crippen LogP contribution in [0, 0.1) is 5.82 Å². The molecule has 0 aromatic heterocycles. The summed E-state index contributed by atoms with van der Waals surface area (Å²) in [6.45, 7) is 5.45. The maximum absolute atomic E-state index is 12.9. The smallest absolute Gasteiger partial charge is 0.123 e. The van der Waals surface area contributed by atoms with Crippen molar-refractivity contribution in [3.05, 3.63) is 35.6 Å². The van der Waals surface area contributed by atoms with Crippen molar-refractivity contribution in [2.45, 2.75) is 39.2 Å². The maximum Gasteiger partial charge on any atom is 0.123 e. The molecule has 0 fully saturated rings. The van der Waals surface area contributed by atoms with Gasteiger partial charge in [-0.2, -0.15) is 11.8 Å². The highest BCUT2D eigenvalue weighted by Crippen LogP contribution is 2.11. The Kier molecular flexibility index (Phi) is 8.10. The first kappa shape index (κ1) is 15.5. The highest BCUT2D eigenvalue weighted by atomic mass is 32.2. The van der Waals surface area contributed by atoms with Crippen LogP contribution in [0.15, 0.2) is 24.3 Å². The van der Waals surface area contributed by atoms with Crippen LogP contribution in [0.1, 0.15) is 32.3 Å². The molecule has 1 aromatic carbocycles. The molecule has 0 amide bonds. The summed E-state index contributed by atoms with van der Waals surface area (Å²) in [5.41, 5.74) is 1.21. The van der Waals surface area contributed by atoms with E-state index in [0.29, 0.717) is 6.04 Å². The van der Waals surface area contributed by atoms with E-state index in [1.54, 1.807) is 12.1 Å². The van der Waals surface area contributed by atoms with Gasteiger partial charge < -0.3 is 5.32 Å². The van der Waals surface area contributed by atoms with Gasteiger partial charge in [-0.3, -0.25) is 0 Å². The van der Waals surface area contributed by atoms with E-state index in [9.17, 15) is 4.39 Å². The summed E-state index contributed by atoms with van der Waals surface area (Å²) < 4.78 is 12.9. The summed E-state index contributed by atoms with van der Waals surface area (Å²) in [5, 5.41) is 3.58. The fourth-order valence-corrected chi connectivity index (χ4v) is 2.79. The van der Waals surface area contributed by atoms with Gasteiger partial charge in [0.25, 0.3) is 0 Å². The van der Waals surface area contributed by atoms with Crippen molar-refractivity contribution in [1.82, 2.24) is 5.32 Å². The number of halogens is 1. The molecular weight excluding hydrogens is 245 g/mol. The fourth-order valence-electron chi connectivity index (χ4n) is 1.81. The molecule has 3 heteroatoms. The summed E-state index contributed by atoms with van der Waals surface area (Å²) in [6, 6.07) is 7.37. The molecule has 0 radical (unpaired) electrons. The van der Waals surface area contributed by atoms with Gasteiger partial charge in [-0.1, -0.05) is 26.0 Å². The SMILES string of the molecule is CCCNC(CSCCC)Cc1ccc(F)cc1. The van der Waals surface area contributed by atoms with Crippen LogP contribution in [0.5, 0.6) is 0 Å². The van der Waals surface area contributed by atoms with Gasteiger partial charge in [0.1, 0.15) is 5.82 Å². The molecule has 1 rings (SSSR count). The molecule has 18 heavy (non-hydrogen) atoms. The number of hydrogen-bond acceptors (Lipinski definition) is 2. The van der Waals surface area contributed by atoms with Gasteiger partial charge in [-0.15, -0.1) is 0 Å². The Hall–Kier alpha value is -0.540. The molecule has 0 aliphatic heterocycles. The molecule has 1 N–H and O–H groups in total. The molecule has 102 valence electrons. The molecule has 0 spiro atoms. The minimum absolute atomic E-state index is 0.155. The number of nitrogens with one attached hydrogen (secondary N) is 1. The Balaban J connectivity index is 2.45. The zero-order valence-electron chi connectivity index (χ0n) is 11.4. The molecule has 0 bridgehead atoms. The maximum atomic E-state index is 12.9. The second-order valence-corrected chi connectivity index (χ2v) is 5.71. The molecule has 1 aromatic rings. The summed E-state index contributed by atoms with van der Waals surface area (Å²) in [4.78, 5) is 0. The average molecular weight is 269 g/mol. The lowest BCUT2D eigenvalue weighted by molar-refractivity contribution is 0.549. The van der Waals surface area contributed by atoms with Crippen molar-refractivity contribution in [3.8, 4) is 0 Å². The van der Waals surface area contributed by atoms with E-state index >= 15 is 0 Å². The van der Waals surface area contributed by atoms with Crippen molar-refractivity contribution < 1.29 is 4.39 Å². The first-order valence-corrected chi connectivity index (χ1v) is 7.97. The van der Waals surface area contributed by atoms with Crippen molar-refractivity contribution >= 4 is 11.8 Å².